The molecule has 0 aliphatic carbocycles. The van der Waals surface area contributed by atoms with Crippen molar-refractivity contribution in [3.8, 4) is 0 Å². The lowest BCUT2D eigenvalue weighted by molar-refractivity contribution is -0.144. The van der Waals surface area contributed by atoms with Crippen LogP contribution in [0.5, 0.6) is 0 Å². The van der Waals surface area contributed by atoms with E-state index in [4.69, 9.17) is 4.74 Å². The highest BCUT2D eigenvalue weighted by Crippen LogP contribution is 2.19. The van der Waals surface area contributed by atoms with E-state index in [1.165, 1.54) is 0 Å². The lowest BCUT2D eigenvalue weighted by Crippen LogP contribution is -2.33. The van der Waals surface area contributed by atoms with E-state index in [9.17, 15) is 4.79 Å². The molecule has 70 valence electrons. The molecular formula is C9H17NO2. The third-order valence-corrected chi connectivity index (χ3v) is 1.87. The first-order chi connectivity index (χ1) is 5.40. The van der Waals surface area contributed by atoms with Crippen LogP contribution < -0.4 is 0 Å². The molecule has 1 fully saturated rings. The lowest BCUT2D eigenvalue weighted by Gasteiger charge is -2.23. The topological polar surface area (TPSA) is 29.5 Å². The van der Waals surface area contributed by atoms with Gasteiger partial charge in [0.05, 0.1) is 5.60 Å². The summed E-state index contributed by atoms with van der Waals surface area (Å²) in [5.41, 5.74) is -0.217. The molecule has 0 aromatic heterocycles. The molecule has 0 bridgehead atoms. The molecule has 0 spiro atoms. The molecule has 12 heavy (non-hydrogen) atoms. The lowest BCUT2D eigenvalue weighted by atomic mass is 10.1. The van der Waals surface area contributed by atoms with E-state index in [2.05, 4.69) is 0 Å². The van der Waals surface area contributed by atoms with Crippen LogP contribution >= 0.6 is 0 Å². The molecule has 1 amide bonds. The standard InChI is InChI=1S/C9H17NO2/c1-9(2,3)12-7-5-6-10(4)8(7)11/h7H,5-6H2,1-4H3. The quantitative estimate of drug-likeness (QED) is 0.589. The molecule has 1 atom stereocenters. The summed E-state index contributed by atoms with van der Waals surface area (Å²) in [7, 11) is 1.81. The van der Waals surface area contributed by atoms with Crippen LogP contribution in [-0.4, -0.2) is 36.1 Å². The maximum absolute atomic E-state index is 11.4. The zero-order chi connectivity index (χ0) is 9.35. The fraction of sp³-hybridized carbons (Fsp3) is 0.889. The Balaban J connectivity index is 2.50. The SMILES string of the molecule is CN1CCC(OC(C)(C)C)C1=O. The first kappa shape index (κ1) is 9.52. The van der Waals surface area contributed by atoms with Gasteiger partial charge in [0, 0.05) is 20.0 Å². The molecule has 0 saturated carbocycles. The average molecular weight is 171 g/mol. The minimum Gasteiger partial charge on any atom is -0.363 e. The van der Waals surface area contributed by atoms with E-state index in [1.54, 1.807) is 4.90 Å². The van der Waals surface area contributed by atoms with Gasteiger partial charge in [0.1, 0.15) is 6.10 Å². The van der Waals surface area contributed by atoms with Gasteiger partial charge in [-0.2, -0.15) is 0 Å². The van der Waals surface area contributed by atoms with Crippen molar-refractivity contribution in [1.82, 2.24) is 4.90 Å². The van der Waals surface area contributed by atoms with Gasteiger partial charge < -0.3 is 9.64 Å². The van der Waals surface area contributed by atoms with Gasteiger partial charge in [-0.25, -0.2) is 0 Å². The molecule has 1 aliphatic rings. The summed E-state index contributed by atoms with van der Waals surface area (Å²) in [6.07, 6.45) is 0.613. The average Bonchev–Trinajstić information content (AvgIpc) is 2.16. The minimum absolute atomic E-state index is 0.116. The number of carbonyl (C=O) groups is 1. The fourth-order valence-corrected chi connectivity index (χ4v) is 1.33. The highest BCUT2D eigenvalue weighted by atomic mass is 16.5. The Morgan fingerprint density at radius 2 is 2.08 bits per heavy atom. The van der Waals surface area contributed by atoms with E-state index < -0.39 is 0 Å². The maximum Gasteiger partial charge on any atom is 0.251 e. The van der Waals surface area contributed by atoms with Crippen LogP contribution in [0.15, 0.2) is 0 Å². The normalized spacial score (nSPS) is 25.2. The number of nitrogens with zero attached hydrogens (tertiary/aromatic N) is 1. The van der Waals surface area contributed by atoms with Gasteiger partial charge in [-0.3, -0.25) is 4.79 Å². The van der Waals surface area contributed by atoms with Gasteiger partial charge >= 0.3 is 0 Å². The van der Waals surface area contributed by atoms with Crippen LogP contribution in [0.1, 0.15) is 27.2 Å². The van der Waals surface area contributed by atoms with Crippen LogP contribution in [0.25, 0.3) is 0 Å². The zero-order valence-corrected chi connectivity index (χ0v) is 8.26. The molecule has 3 heteroatoms. The number of rotatable bonds is 1. The first-order valence-electron chi connectivity index (χ1n) is 4.33. The van der Waals surface area contributed by atoms with Crippen LogP contribution in [0.3, 0.4) is 0 Å². The van der Waals surface area contributed by atoms with E-state index >= 15 is 0 Å². The van der Waals surface area contributed by atoms with E-state index in [-0.39, 0.29) is 17.6 Å². The van der Waals surface area contributed by atoms with Gasteiger partial charge in [-0.05, 0) is 20.8 Å². The second kappa shape index (κ2) is 3.05. The number of hydrogen-bond donors (Lipinski definition) is 0. The van der Waals surface area contributed by atoms with Gasteiger partial charge in [-0.1, -0.05) is 0 Å². The Morgan fingerprint density at radius 1 is 1.50 bits per heavy atom. The molecule has 0 aromatic rings. The molecule has 0 radical (unpaired) electrons. The molecule has 0 N–H and O–H groups in total. The van der Waals surface area contributed by atoms with E-state index in [0.29, 0.717) is 0 Å². The number of amides is 1. The Morgan fingerprint density at radius 3 is 2.42 bits per heavy atom. The summed E-state index contributed by atoms with van der Waals surface area (Å²) in [4.78, 5) is 13.1. The van der Waals surface area contributed by atoms with Gasteiger partial charge in [0.2, 0.25) is 0 Å². The van der Waals surface area contributed by atoms with Crippen molar-refractivity contribution in [3.05, 3.63) is 0 Å². The van der Waals surface area contributed by atoms with Crippen molar-refractivity contribution in [1.29, 1.82) is 0 Å². The Labute approximate surface area is 73.7 Å². The molecule has 1 unspecified atom stereocenters. The molecule has 1 saturated heterocycles. The largest absolute Gasteiger partial charge is 0.363 e. The highest BCUT2D eigenvalue weighted by Gasteiger charge is 2.32. The van der Waals surface area contributed by atoms with Crippen molar-refractivity contribution < 1.29 is 9.53 Å². The molecule has 1 aliphatic heterocycles. The summed E-state index contributed by atoms with van der Waals surface area (Å²) in [5.74, 6) is 0.116. The van der Waals surface area contributed by atoms with E-state index in [0.717, 1.165) is 13.0 Å². The third-order valence-electron chi connectivity index (χ3n) is 1.87. The second-order valence-electron chi connectivity index (χ2n) is 4.27. The minimum atomic E-state index is -0.217. The molecule has 0 aromatic carbocycles. The summed E-state index contributed by atoms with van der Waals surface area (Å²) in [6.45, 7) is 6.73. The van der Waals surface area contributed by atoms with Crippen LogP contribution in [0.4, 0.5) is 0 Å². The molecular weight excluding hydrogens is 154 g/mol. The Hall–Kier alpha value is -0.570. The van der Waals surface area contributed by atoms with Crippen molar-refractivity contribution in [2.24, 2.45) is 0 Å². The second-order valence-corrected chi connectivity index (χ2v) is 4.27. The van der Waals surface area contributed by atoms with E-state index in [1.807, 2.05) is 27.8 Å². The van der Waals surface area contributed by atoms with Crippen molar-refractivity contribution in [2.75, 3.05) is 13.6 Å². The predicted molar refractivity (Wildman–Crippen MR) is 46.9 cm³/mol. The monoisotopic (exact) mass is 171 g/mol. The first-order valence-corrected chi connectivity index (χ1v) is 4.33. The van der Waals surface area contributed by atoms with Crippen molar-refractivity contribution in [2.45, 2.75) is 38.9 Å². The Kier molecular flexibility index (Phi) is 2.42. The Bertz CT molecular complexity index is 183. The number of hydrogen-bond acceptors (Lipinski definition) is 2. The van der Waals surface area contributed by atoms with Gasteiger partial charge in [0.15, 0.2) is 0 Å². The van der Waals surface area contributed by atoms with Crippen molar-refractivity contribution >= 4 is 5.91 Å². The highest BCUT2D eigenvalue weighted by molar-refractivity contribution is 5.82. The summed E-state index contributed by atoms with van der Waals surface area (Å²) in [5, 5.41) is 0. The van der Waals surface area contributed by atoms with Crippen molar-refractivity contribution in [3.63, 3.8) is 0 Å². The van der Waals surface area contributed by atoms with Gasteiger partial charge in [0.25, 0.3) is 5.91 Å². The van der Waals surface area contributed by atoms with Gasteiger partial charge in [-0.15, -0.1) is 0 Å². The number of ether oxygens (including phenoxy) is 1. The maximum atomic E-state index is 11.4. The predicted octanol–water partition coefficient (Wildman–Crippen LogP) is 1.03. The molecule has 3 nitrogen and oxygen atoms in total. The summed E-state index contributed by atoms with van der Waals surface area (Å²) >= 11 is 0. The third kappa shape index (κ3) is 2.21. The summed E-state index contributed by atoms with van der Waals surface area (Å²) in [6, 6.07) is 0. The number of likely N-dealkylation sites (N-methyl/N-ethyl adjacent to an activating group) is 1. The summed E-state index contributed by atoms with van der Waals surface area (Å²) < 4.78 is 5.59. The van der Waals surface area contributed by atoms with Crippen LogP contribution in [0, 0.1) is 0 Å². The van der Waals surface area contributed by atoms with Crippen LogP contribution in [0.2, 0.25) is 0 Å². The molecule has 1 heterocycles. The number of carbonyl (C=O) groups excluding carboxylic acids is 1. The fourth-order valence-electron chi connectivity index (χ4n) is 1.33. The number of likely N-dealkylation sites (tertiary alicyclic amines) is 1. The molecule has 1 rings (SSSR count). The zero-order valence-electron chi connectivity index (χ0n) is 8.26. The van der Waals surface area contributed by atoms with Crippen LogP contribution in [-0.2, 0) is 9.53 Å². The smallest absolute Gasteiger partial charge is 0.251 e.